The van der Waals surface area contributed by atoms with Crippen molar-refractivity contribution in [3.05, 3.63) is 5.69 Å². The molecule has 1 aromatic heterocycles. The van der Waals surface area contributed by atoms with Gasteiger partial charge in [-0.1, -0.05) is 18.5 Å². The summed E-state index contributed by atoms with van der Waals surface area (Å²) in [6, 6.07) is 0. The molecule has 1 aromatic rings. The van der Waals surface area contributed by atoms with Gasteiger partial charge in [0.1, 0.15) is 5.71 Å². The second kappa shape index (κ2) is 3.70. The van der Waals surface area contributed by atoms with Crippen LogP contribution in [0.25, 0.3) is 0 Å². The van der Waals surface area contributed by atoms with Crippen molar-refractivity contribution in [3.8, 4) is 0 Å². The third-order valence-electron chi connectivity index (χ3n) is 1.39. The van der Waals surface area contributed by atoms with Gasteiger partial charge in [0.25, 0.3) is 0 Å². The van der Waals surface area contributed by atoms with Crippen LogP contribution < -0.4 is 5.73 Å². The SMILES string of the molecule is CCCC(=NO)c1nonc1N. The zero-order chi connectivity index (χ0) is 8.97. The Kier molecular flexibility index (Phi) is 2.62. The highest BCUT2D eigenvalue weighted by atomic mass is 16.6. The van der Waals surface area contributed by atoms with Crippen molar-refractivity contribution < 1.29 is 9.84 Å². The molecule has 0 aliphatic heterocycles. The largest absolute Gasteiger partial charge is 0.411 e. The standard InChI is InChI=1S/C6H10N4O2/c1-2-3-4(8-11)5-6(7)10-12-9-5/h11H,2-3H2,1H3,(H2,7,10). The van der Waals surface area contributed by atoms with Gasteiger partial charge in [-0.15, -0.1) is 0 Å². The molecule has 0 aliphatic carbocycles. The Morgan fingerprint density at radius 1 is 1.67 bits per heavy atom. The molecule has 66 valence electrons. The van der Waals surface area contributed by atoms with E-state index in [4.69, 9.17) is 10.9 Å². The van der Waals surface area contributed by atoms with Crippen molar-refractivity contribution in [1.29, 1.82) is 0 Å². The zero-order valence-electron chi connectivity index (χ0n) is 6.69. The molecule has 12 heavy (non-hydrogen) atoms. The average Bonchev–Trinajstić information content (AvgIpc) is 2.47. The molecule has 0 amide bonds. The Bertz CT molecular complexity index is 281. The van der Waals surface area contributed by atoms with Crippen molar-refractivity contribution >= 4 is 11.5 Å². The summed E-state index contributed by atoms with van der Waals surface area (Å²) in [7, 11) is 0. The van der Waals surface area contributed by atoms with E-state index in [1.54, 1.807) is 0 Å². The maximum atomic E-state index is 8.58. The van der Waals surface area contributed by atoms with Crippen LogP contribution >= 0.6 is 0 Å². The van der Waals surface area contributed by atoms with E-state index in [0.717, 1.165) is 6.42 Å². The Hall–Kier alpha value is -1.59. The lowest BCUT2D eigenvalue weighted by Crippen LogP contribution is -2.04. The second-order valence-electron chi connectivity index (χ2n) is 2.29. The molecule has 0 spiro atoms. The molecule has 0 saturated carbocycles. The summed E-state index contributed by atoms with van der Waals surface area (Å²) in [5.74, 6) is 0.149. The van der Waals surface area contributed by atoms with Gasteiger partial charge in [-0.25, -0.2) is 4.63 Å². The lowest BCUT2D eigenvalue weighted by Gasteiger charge is -1.95. The molecule has 0 fully saturated rings. The van der Waals surface area contributed by atoms with Crippen LogP contribution in [0.3, 0.4) is 0 Å². The quantitative estimate of drug-likeness (QED) is 0.394. The first-order chi connectivity index (χ1) is 5.79. The molecule has 0 unspecified atom stereocenters. The molecule has 6 heteroatoms. The van der Waals surface area contributed by atoms with Gasteiger partial charge in [0.15, 0.2) is 11.5 Å². The molecule has 6 nitrogen and oxygen atoms in total. The molecule has 1 rings (SSSR count). The second-order valence-corrected chi connectivity index (χ2v) is 2.29. The molecular weight excluding hydrogens is 160 g/mol. The highest BCUT2D eigenvalue weighted by molar-refractivity contribution is 6.01. The molecule has 0 bridgehead atoms. The fraction of sp³-hybridized carbons (Fsp3) is 0.500. The van der Waals surface area contributed by atoms with Gasteiger partial charge in [-0.3, -0.25) is 0 Å². The zero-order valence-corrected chi connectivity index (χ0v) is 6.69. The lowest BCUT2D eigenvalue weighted by atomic mass is 10.2. The number of nitrogen functional groups attached to an aromatic ring is 1. The number of nitrogens with zero attached hydrogens (tertiary/aromatic N) is 3. The smallest absolute Gasteiger partial charge is 0.197 e. The Morgan fingerprint density at radius 3 is 2.83 bits per heavy atom. The Morgan fingerprint density at radius 2 is 2.42 bits per heavy atom. The van der Waals surface area contributed by atoms with Crippen molar-refractivity contribution in [1.82, 2.24) is 10.3 Å². The van der Waals surface area contributed by atoms with Crippen LogP contribution in [0.4, 0.5) is 5.82 Å². The number of anilines is 1. The number of nitrogens with two attached hydrogens (primary N) is 1. The lowest BCUT2D eigenvalue weighted by molar-refractivity contribution is 0.304. The maximum Gasteiger partial charge on any atom is 0.197 e. The van der Waals surface area contributed by atoms with Crippen LogP contribution in [0.15, 0.2) is 9.78 Å². The number of hydrogen-bond donors (Lipinski definition) is 2. The van der Waals surface area contributed by atoms with E-state index in [1.165, 1.54) is 0 Å². The average molecular weight is 170 g/mol. The van der Waals surface area contributed by atoms with E-state index < -0.39 is 0 Å². The molecule has 0 saturated heterocycles. The third-order valence-corrected chi connectivity index (χ3v) is 1.39. The first-order valence-electron chi connectivity index (χ1n) is 3.59. The molecule has 0 atom stereocenters. The molecule has 1 heterocycles. The number of oxime groups is 1. The van der Waals surface area contributed by atoms with E-state index in [1.807, 2.05) is 6.92 Å². The van der Waals surface area contributed by atoms with Crippen LogP contribution in [0.1, 0.15) is 25.5 Å². The van der Waals surface area contributed by atoms with Gasteiger partial charge >= 0.3 is 0 Å². The van der Waals surface area contributed by atoms with Crippen molar-refractivity contribution in [2.75, 3.05) is 5.73 Å². The van der Waals surface area contributed by atoms with Crippen molar-refractivity contribution in [2.24, 2.45) is 5.16 Å². The number of rotatable bonds is 3. The van der Waals surface area contributed by atoms with E-state index in [2.05, 4.69) is 20.1 Å². The van der Waals surface area contributed by atoms with Crippen LogP contribution in [-0.2, 0) is 0 Å². The van der Waals surface area contributed by atoms with E-state index >= 15 is 0 Å². The van der Waals surface area contributed by atoms with E-state index in [9.17, 15) is 0 Å². The number of aromatic nitrogens is 2. The minimum absolute atomic E-state index is 0.149. The van der Waals surface area contributed by atoms with Crippen LogP contribution in [0.2, 0.25) is 0 Å². The first-order valence-corrected chi connectivity index (χ1v) is 3.59. The minimum Gasteiger partial charge on any atom is -0.411 e. The maximum absolute atomic E-state index is 8.58. The van der Waals surface area contributed by atoms with Gasteiger partial charge in [0.2, 0.25) is 0 Å². The summed E-state index contributed by atoms with van der Waals surface area (Å²) < 4.78 is 4.36. The van der Waals surface area contributed by atoms with Crippen molar-refractivity contribution in [2.45, 2.75) is 19.8 Å². The summed E-state index contributed by atoms with van der Waals surface area (Å²) in [6.45, 7) is 1.95. The molecule has 0 radical (unpaired) electrons. The summed E-state index contributed by atoms with van der Waals surface area (Å²) >= 11 is 0. The summed E-state index contributed by atoms with van der Waals surface area (Å²) in [5, 5.41) is 18.5. The van der Waals surface area contributed by atoms with Gasteiger partial charge in [0.05, 0.1) is 0 Å². The van der Waals surface area contributed by atoms with Crippen LogP contribution in [0, 0.1) is 0 Å². The van der Waals surface area contributed by atoms with Gasteiger partial charge in [0, 0.05) is 0 Å². The molecule has 0 aliphatic rings. The predicted octanol–water partition coefficient (Wildman–Crippen LogP) is 0.630. The van der Waals surface area contributed by atoms with Gasteiger partial charge in [-0.2, -0.15) is 0 Å². The number of hydrogen-bond acceptors (Lipinski definition) is 6. The molecular formula is C6H10N4O2. The van der Waals surface area contributed by atoms with Crippen LogP contribution in [0.5, 0.6) is 0 Å². The highest BCUT2D eigenvalue weighted by Crippen LogP contribution is 2.09. The topological polar surface area (TPSA) is 97.5 Å². The minimum atomic E-state index is 0.149. The molecule has 3 N–H and O–H groups in total. The van der Waals surface area contributed by atoms with Crippen molar-refractivity contribution in [3.63, 3.8) is 0 Å². The summed E-state index contributed by atoms with van der Waals surface area (Å²) in [5.41, 5.74) is 6.11. The normalized spacial score (nSPS) is 11.9. The highest BCUT2D eigenvalue weighted by Gasteiger charge is 2.13. The summed E-state index contributed by atoms with van der Waals surface area (Å²) in [4.78, 5) is 0. The Balaban J connectivity index is 2.88. The third kappa shape index (κ3) is 1.52. The fourth-order valence-electron chi connectivity index (χ4n) is 0.848. The first kappa shape index (κ1) is 8.51. The van der Waals surface area contributed by atoms with Gasteiger partial charge < -0.3 is 10.9 Å². The predicted molar refractivity (Wildman–Crippen MR) is 41.9 cm³/mol. The Labute approximate surface area is 69.0 Å². The monoisotopic (exact) mass is 170 g/mol. The van der Waals surface area contributed by atoms with Gasteiger partial charge in [-0.05, 0) is 16.7 Å². The molecule has 0 aromatic carbocycles. The van der Waals surface area contributed by atoms with E-state index in [-0.39, 0.29) is 5.82 Å². The fourth-order valence-corrected chi connectivity index (χ4v) is 0.848. The van der Waals surface area contributed by atoms with Crippen LogP contribution in [-0.4, -0.2) is 21.2 Å². The van der Waals surface area contributed by atoms with E-state index in [0.29, 0.717) is 17.8 Å². The summed E-state index contributed by atoms with van der Waals surface area (Å²) in [6.07, 6.45) is 1.43.